The lowest BCUT2D eigenvalue weighted by Crippen LogP contribution is -2.47. The van der Waals surface area contributed by atoms with Gasteiger partial charge in [0, 0.05) is 35.7 Å². The fourth-order valence-electron chi connectivity index (χ4n) is 4.15. The first-order valence-corrected chi connectivity index (χ1v) is 10.9. The minimum absolute atomic E-state index is 0.0398. The van der Waals surface area contributed by atoms with E-state index in [9.17, 15) is 19.0 Å². The number of aliphatic hydroxyl groups is 2. The quantitative estimate of drug-likeness (QED) is 0.527. The number of hydrogen-bond donors (Lipinski definition) is 2. The van der Waals surface area contributed by atoms with Crippen LogP contribution in [0.1, 0.15) is 25.3 Å². The van der Waals surface area contributed by atoms with E-state index in [4.69, 9.17) is 9.26 Å². The molecule has 2 aromatic carbocycles. The summed E-state index contributed by atoms with van der Waals surface area (Å²) in [7, 11) is 0. The van der Waals surface area contributed by atoms with Crippen molar-refractivity contribution >= 4 is 0 Å². The topological polar surface area (TPSA) is 91.9 Å². The number of benzene rings is 2. The van der Waals surface area contributed by atoms with Crippen LogP contribution in [0, 0.1) is 5.92 Å². The maximum Gasteiger partial charge on any atom is 0.387 e. The van der Waals surface area contributed by atoms with Crippen molar-refractivity contribution in [2.75, 3.05) is 19.7 Å². The average molecular weight is 459 g/mol. The molecule has 0 aliphatic carbocycles. The molecule has 0 saturated carbocycles. The third-order valence-electron chi connectivity index (χ3n) is 6.09. The number of aromatic nitrogens is 2. The SMILES string of the molecule is C[C@@](O)(CO)[C@H]1CCCN(Cc2ccc(-c3nc(-c4ccccc4)no3)cc2OC(F)F)C1. The van der Waals surface area contributed by atoms with Gasteiger partial charge in [-0.15, -0.1) is 0 Å². The van der Waals surface area contributed by atoms with Crippen LogP contribution in [0.4, 0.5) is 8.78 Å². The van der Waals surface area contributed by atoms with Gasteiger partial charge in [-0.05, 0) is 38.4 Å². The van der Waals surface area contributed by atoms with E-state index in [0.29, 0.717) is 30.0 Å². The lowest BCUT2D eigenvalue weighted by molar-refractivity contribution is -0.0702. The number of hydrogen-bond acceptors (Lipinski definition) is 7. The fourth-order valence-corrected chi connectivity index (χ4v) is 4.15. The molecule has 0 radical (unpaired) electrons. The second-order valence-electron chi connectivity index (χ2n) is 8.58. The summed E-state index contributed by atoms with van der Waals surface area (Å²) in [6, 6.07) is 14.2. The van der Waals surface area contributed by atoms with Crippen molar-refractivity contribution in [3.63, 3.8) is 0 Å². The standard InChI is InChI=1S/C24H27F2N3O4/c1-24(31,15-30)19-8-5-11-29(14-19)13-18-10-9-17(12-20(18)32-23(25)26)22-27-21(28-33-22)16-6-3-2-4-7-16/h2-4,6-7,9-10,12,19,23,30-31H,5,8,11,13-15H2,1H3/t19-,24+/m0/s1. The number of piperidine rings is 1. The third-order valence-corrected chi connectivity index (χ3v) is 6.09. The van der Waals surface area contributed by atoms with E-state index in [1.54, 1.807) is 19.1 Å². The van der Waals surface area contributed by atoms with E-state index in [1.165, 1.54) is 6.07 Å². The predicted molar refractivity (Wildman–Crippen MR) is 118 cm³/mol. The molecule has 4 rings (SSSR count). The Labute approximate surface area is 190 Å². The fraction of sp³-hybridized carbons (Fsp3) is 0.417. The molecule has 0 spiro atoms. The summed E-state index contributed by atoms with van der Waals surface area (Å²) in [5.41, 5.74) is 0.667. The summed E-state index contributed by atoms with van der Waals surface area (Å²) in [4.78, 5) is 6.46. The van der Waals surface area contributed by atoms with Gasteiger partial charge in [0.15, 0.2) is 0 Å². The Morgan fingerprint density at radius 1 is 1.21 bits per heavy atom. The summed E-state index contributed by atoms with van der Waals surface area (Å²) < 4.78 is 36.5. The number of likely N-dealkylation sites (tertiary alicyclic amines) is 1. The molecule has 2 atom stereocenters. The average Bonchev–Trinajstić information content (AvgIpc) is 3.31. The highest BCUT2D eigenvalue weighted by molar-refractivity contribution is 5.61. The third kappa shape index (κ3) is 5.55. The van der Waals surface area contributed by atoms with E-state index >= 15 is 0 Å². The van der Waals surface area contributed by atoms with E-state index in [1.807, 2.05) is 30.3 Å². The minimum atomic E-state index is -2.98. The first-order chi connectivity index (χ1) is 15.9. The van der Waals surface area contributed by atoms with Gasteiger partial charge < -0.3 is 19.5 Å². The Morgan fingerprint density at radius 2 is 2.00 bits per heavy atom. The molecule has 9 heteroatoms. The van der Waals surface area contributed by atoms with Gasteiger partial charge in [0.25, 0.3) is 5.89 Å². The van der Waals surface area contributed by atoms with E-state index in [-0.39, 0.29) is 24.2 Å². The van der Waals surface area contributed by atoms with Crippen LogP contribution in [0.15, 0.2) is 53.1 Å². The Morgan fingerprint density at radius 3 is 2.73 bits per heavy atom. The number of ether oxygens (including phenoxy) is 1. The van der Waals surface area contributed by atoms with Crippen molar-refractivity contribution in [1.29, 1.82) is 0 Å². The second-order valence-corrected chi connectivity index (χ2v) is 8.58. The molecule has 0 bridgehead atoms. The summed E-state index contributed by atoms with van der Waals surface area (Å²) >= 11 is 0. The van der Waals surface area contributed by atoms with Gasteiger partial charge in [-0.25, -0.2) is 0 Å². The minimum Gasteiger partial charge on any atom is -0.434 e. The molecule has 1 fully saturated rings. The molecule has 0 amide bonds. The molecule has 1 saturated heterocycles. The molecule has 3 aromatic rings. The number of aliphatic hydroxyl groups excluding tert-OH is 1. The zero-order valence-corrected chi connectivity index (χ0v) is 18.3. The van der Waals surface area contributed by atoms with Gasteiger partial charge in [0.1, 0.15) is 5.75 Å². The molecule has 33 heavy (non-hydrogen) atoms. The normalized spacial score (nSPS) is 18.9. The zero-order chi connectivity index (χ0) is 23.4. The maximum atomic E-state index is 13.2. The van der Waals surface area contributed by atoms with E-state index in [2.05, 4.69) is 15.0 Å². The molecule has 1 aromatic heterocycles. The Kier molecular flexibility index (Phi) is 7.02. The summed E-state index contributed by atoms with van der Waals surface area (Å²) in [5.74, 6) is 0.542. The van der Waals surface area contributed by atoms with Crippen molar-refractivity contribution < 1.29 is 28.3 Å². The Hall–Kier alpha value is -2.88. The van der Waals surface area contributed by atoms with Crippen LogP contribution in [0.2, 0.25) is 0 Å². The highest BCUT2D eigenvalue weighted by Crippen LogP contribution is 2.32. The van der Waals surface area contributed by atoms with E-state index in [0.717, 1.165) is 24.9 Å². The predicted octanol–water partition coefficient (Wildman–Crippen LogP) is 3.96. The molecule has 2 N–H and O–H groups in total. The van der Waals surface area contributed by atoms with Crippen LogP contribution in [-0.2, 0) is 6.54 Å². The van der Waals surface area contributed by atoms with Gasteiger partial charge in [0.05, 0.1) is 12.2 Å². The number of rotatable bonds is 8. The van der Waals surface area contributed by atoms with Crippen molar-refractivity contribution in [3.8, 4) is 28.6 Å². The molecule has 7 nitrogen and oxygen atoms in total. The molecular formula is C24H27F2N3O4. The van der Waals surface area contributed by atoms with Gasteiger partial charge in [-0.3, -0.25) is 4.90 Å². The van der Waals surface area contributed by atoms with Crippen LogP contribution in [0.3, 0.4) is 0 Å². The largest absolute Gasteiger partial charge is 0.434 e. The second kappa shape index (κ2) is 9.94. The van der Waals surface area contributed by atoms with Crippen molar-refractivity contribution in [2.45, 2.75) is 38.5 Å². The van der Waals surface area contributed by atoms with Gasteiger partial charge in [-0.2, -0.15) is 13.8 Å². The smallest absolute Gasteiger partial charge is 0.387 e. The van der Waals surface area contributed by atoms with E-state index < -0.39 is 12.2 Å². The summed E-state index contributed by atoms with van der Waals surface area (Å²) in [5, 5.41) is 23.9. The number of nitrogens with zero attached hydrogens (tertiary/aromatic N) is 3. The first-order valence-electron chi connectivity index (χ1n) is 10.9. The highest BCUT2D eigenvalue weighted by Gasteiger charge is 2.34. The number of halogens is 2. The Bertz CT molecular complexity index is 1060. The summed E-state index contributed by atoms with van der Waals surface area (Å²) in [6.07, 6.45) is 1.64. The number of alkyl halides is 2. The first kappa shape index (κ1) is 23.3. The van der Waals surface area contributed by atoms with Gasteiger partial charge in [0.2, 0.25) is 5.82 Å². The van der Waals surface area contributed by atoms with Gasteiger partial charge in [-0.1, -0.05) is 41.6 Å². The monoisotopic (exact) mass is 459 g/mol. The Balaban J connectivity index is 1.55. The van der Waals surface area contributed by atoms with Crippen LogP contribution >= 0.6 is 0 Å². The molecule has 0 unspecified atom stereocenters. The maximum absolute atomic E-state index is 13.2. The van der Waals surface area contributed by atoms with Crippen LogP contribution in [0.5, 0.6) is 5.75 Å². The molecule has 176 valence electrons. The van der Waals surface area contributed by atoms with Crippen LogP contribution in [-0.4, -0.2) is 57.2 Å². The molecule has 1 aliphatic heterocycles. The summed E-state index contributed by atoms with van der Waals surface area (Å²) in [6.45, 7) is 0.000832. The van der Waals surface area contributed by atoms with Crippen molar-refractivity contribution in [2.24, 2.45) is 5.92 Å². The molecule has 2 heterocycles. The molecule has 1 aliphatic rings. The highest BCUT2D eigenvalue weighted by atomic mass is 19.3. The van der Waals surface area contributed by atoms with Crippen molar-refractivity contribution in [3.05, 3.63) is 54.1 Å². The van der Waals surface area contributed by atoms with Crippen LogP contribution in [0.25, 0.3) is 22.8 Å². The molecular weight excluding hydrogens is 432 g/mol. The zero-order valence-electron chi connectivity index (χ0n) is 18.3. The van der Waals surface area contributed by atoms with Gasteiger partial charge >= 0.3 is 6.61 Å². The van der Waals surface area contributed by atoms with Crippen molar-refractivity contribution in [1.82, 2.24) is 15.0 Å². The lowest BCUT2D eigenvalue weighted by atomic mass is 9.83. The van der Waals surface area contributed by atoms with Crippen LogP contribution < -0.4 is 4.74 Å². The lowest BCUT2D eigenvalue weighted by Gasteiger charge is -2.39.